The van der Waals surface area contributed by atoms with E-state index in [4.69, 9.17) is 9.47 Å². The first-order chi connectivity index (χ1) is 13.6. The van der Waals surface area contributed by atoms with Gasteiger partial charge in [0.25, 0.3) is 11.1 Å². The lowest BCUT2D eigenvalue weighted by molar-refractivity contribution is -0.127. The fourth-order valence-corrected chi connectivity index (χ4v) is 3.55. The summed E-state index contributed by atoms with van der Waals surface area (Å²) in [7, 11) is 0. The Hall–Kier alpha value is -3.33. The van der Waals surface area contributed by atoms with Crippen LogP contribution >= 0.6 is 11.8 Å². The van der Waals surface area contributed by atoms with Crippen molar-refractivity contribution in [2.24, 2.45) is 0 Å². The van der Waals surface area contributed by atoms with E-state index >= 15 is 0 Å². The number of nitrogens with zero attached hydrogens (tertiary/aromatic N) is 2. The number of carbonyl (C=O) groups is 3. The summed E-state index contributed by atoms with van der Waals surface area (Å²) in [6.45, 7) is 0.540. The van der Waals surface area contributed by atoms with Gasteiger partial charge in [-0.3, -0.25) is 24.3 Å². The summed E-state index contributed by atoms with van der Waals surface area (Å²) in [5, 5.41) is 2.18. The van der Waals surface area contributed by atoms with Crippen molar-refractivity contribution < 1.29 is 23.9 Å². The molecule has 0 unspecified atom stereocenters. The van der Waals surface area contributed by atoms with Crippen LogP contribution in [0.15, 0.2) is 47.6 Å². The Bertz CT molecular complexity index is 977. The molecule has 1 aromatic heterocycles. The predicted octanol–water partition coefficient (Wildman–Crippen LogP) is 2.53. The van der Waals surface area contributed by atoms with Crippen LogP contribution < -0.4 is 14.8 Å². The van der Waals surface area contributed by atoms with E-state index < -0.39 is 17.1 Å². The third-order valence-corrected chi connectivity index (χ3v) is 4.89. The fourth-order valence-electron chi connectivity index (χ4n) is 2.71. The monoisotopic (exact) mass is 397 g/mol. The standard InChI is InChI=1S/C19H15N3O5S/c23-17(21-13-3-4-14-15(9-13)27-7-6-26-14)11-22-18(24)16(28-19(22)25)8-12-2-1-5-20-10-12/h1-5,8-10H,6-7,11H2,(H,21,23)/b16-8+. The number of hydrogen-bond donors (Lipinski definition) is 1. The summed E-state index contributed by atoms with van der Waals surface area (Å²) in [4.78, 5) is 42.1. The summed E-state index contributed by atoms with van der Waals surface area (Å²) < 4.78 is 10.9. The Morgan fingerprint density at radius 1 is 1.21 bits per heavy atom. The zero-order valence-corrected chi connectivity index (χ0v) is 15.4. The molecule has 0 spiro atoms. The summed E-state index contributed by atoms with van der Waals surface area (Å²) in [6, 6.07) is 8.51. The number of benzene rings is 1. The number of ether oxygens (including phenoxy) is 2. The van der Waals surface area contributed by atoms with Crippen LogP contribution in [-0.4, -0.2) is 46.7 Å². The summed E-state index contributed by atoms with van der Waals surface area (Å²) in [5.74, 6) is 0.156. The van der Waals surface area contributed by atoms with Crippen molar-refractivity contribution >= 4 is 40.6 Å². The van der Waals surface area contributed by atoms with Gasteiger partial charge in [-0.1, -0.05) is 6.07 Å². The maximum Gasteiger partial charge on any atom is 0.294 e. The molecular formula is C19H15N3O5S. The van der Waals surface area contributed by atoms with Gasteiger partial charge in [0.05, 0.1) is 4.91 Å². The van der Waals surface area contributed by atoms with Gasteiger partial charge in [-0.05, 0) is 41.6 Å². The van der Waals surface area contributed by atoms with Gasteiger partial charge >= 0.3 is 0 Å². The molecule has 0 bridgehead atoms. The number of hydrogen-bond acceptors (Lipinski definition) is 7. The second-order valence-electron chi connectivity index (χ2n) is 5.96. The SMILES string of the molecule is O=C(CN1C(=O)S/C(=C/c2cccnc2)C1=O)Nc1ccc2c(c1)OCCO2. The van der Waals surface area contributed by atoms with Crippen LogP contribution in [0.5, 0.6) is 11.5 Å². The van der Waals surface area contributed by atoms with Gasteiger partial charge in [-0.15, -0.1) is 0 Å². The van der Waals surface area contributed by atoms with E-state index in [2.05, 4.69) is 10.3 Å². The molecule has 3 amide bonds. The highest BCUT2D eigenvalue weighted by Gasteiger charge is 2.36. The Labute approximate surface area is 164 Å². The second kappa shape index (κ2) is 7.73. The van der Waals surface area contributed by atoms with Crippen LogP contribution in [0.3, 0.4) is 0 Å². The zero-order valence-electron chi connectivity index (χ0n) is 14.6. The van der Waals surface area contributed by atoms with Crippen LogP contribution in [0.25, 0.3) is 6.08 Å². The topological polar surface area (TPSA) is 97.8 Å². The van der Waals surface area contributed by atoms with Gasteiger partial charge < -0.3 is 14.8 Å². The quantitative estimate of drug-likeness (QED) is 0.792. The molecule has 1 saturated heterocycles. The first-order valence-corrected chi connectivity index (χ1v) is 9.27. The molecule has 28 heavy (non-hydrogen) atoms. The molecule has 9 heteroatoms. The number of rotatable bonds is 4. The third kappa shape index (κ3) is 3.84. The number of thioether (sulfide) groups is 1. The minimum Gasteiger partial charge on any atom is -0.486 e. The average Bonchev–Trinajstić information content (AvgIpc) is 2.96. The van der Waals surface area contributed by atoms with Crippen molar-refractivity contribution in [3.63, 3.8) is 0 Å². The highest BCUT2D eigenvalue weighted by atomic mass is 32.2. The predicted molar refractivity (Wildman–Crippen MR) is 103 cm³/mol. The van der Waals surface area contributed by atoms with E-state index in [9.17, 15) is 14.4 Å². The van der Waals surface area contributed by atoms with Crippen LogP contribution in [0.2, 0.25) is 0 Å². The van der Waals surface area contributed by atoms with Gasteiger partial charge in [-0.2, -0.15) is 0 Å². The minimum absolute atomic E-state index is 0.255. The molecule has 142 valence electrons. The number of fused-ring (bicyclic) bond motifs is 1. The molecule has 2 aliphatic heterocycles. The smallest absolute Gasteiger partial charge is 0.294 e. The summed E-state index contributed by atoms with van der Waals surface area (Å²) in [5.41, 5.74) is 1.20. The zero-order chi connectivity index (χ0) is 19.5. The van der Waals surface area contributed by atoms with Gasteiger partial charge in [0.15, 0.2) is 11.5 Å². The lowest BCUT2D eigenvalue weighted by atomic mass is 10.2. The minimum atomic E-state index is -0.504. The number of amides is 3. The number of pyridine rings is 1. The Morgan fingerprint density at radius 3 is 2.82 bits per heavy atom. The molecule has 2 aliphatic rings. The second-order valence-corrected chi connectivity index (χ2v) is 6.95. The number of imide groups is 1. The number of anilines is 1. The van der Waals surface area contributed by atoms with Crippen molar-refractivity contribution in [1.29, 1.82) is 0 Å². The fraction of sp³-hybridized carbons (Fsp3) is 0.158. The molecule has 0 atom stereocenters. The van der Waals surface area contributed by atoms with E-state index in [0.717, 1.165) is 16.7 Å². The van der Waals surface area contributed by atoms with E-state index in [-0.39, 0.29) is 11.4 Å². The molecule has 3 heterocycles. The number of nitrogens with one attached hydrogen (secondary N) is 1. The van der Waals surface area contributed by atoms with Crippen molar-refractivity contribution in [3.05, 3.63) is 53.2 Å². The maximum atomic E-state index is 12.5. The first kappa shape index (κ1) is 18.1. The van der Waals surface area contributed by atoms with Crippen molar-refractivity contribution in [2.45, 2.75) is 0 Å². The lowest BCUT2D eigenvalue weighted by Crippen LogP contribution is -2.36. The van der Waals surface area contributed by atoms with E-state index in [0.29, 0.717) is 36.0 Å². The molecule has 0 saturated carbocycles. The Morgan fingerprint density at radius 2 is 2.04 bits per heavy atom. The molecule has 1 aromatic carbocycles. The largest absolute Gasteiger partial charge is 0.486 e. The van der Waals surface area contributed by atoms with E-state index in [1.807, 2.05) is 0 Å². The van der Waals surface area contributed by atoms with E-state index in [1.54, 1.807) is 48.8 Å². The summed E-state index contributed by atoms with van der Waals surface area (Å²) in [6.07, 6.45) is 4.78. The Balaban J connectivity index is 1.42. The number of carbonyl (C=O) groups excluding carboxylic acids is 3. The molecule has 8 nitrogen and oxygen atoms in total. The van der Waals surface area contributed by atoms with Crippen LogP contribution in [0, 0.1) is 0 Å². The molecular weight excluding hydrogens is 382 g/mol. The van der Waals surface area contributed by atoms with Crippen LogP contribution in [0.4, 0.5) is 10.5 Å². The van der Waals surface area contributed by atoms with Crippen LogP contribution in [-0.2, 0) is 9.59 Å². The van der Waals surface area contributed by atoms with Crippen LogP contribution in [0.1, 0.15) is 5.56 Å². The molecule has 2 aromatic rings. The molecule has 0 radical (unpaired) electrons. The third-order valence-electron chi connectivity index (χ3n) is 3.98. The Kier molecular flexibility index (Phi) is 4.98. The maximum absolute atomic E-state index is 12.5. The van der Waals surface area contributed by atoms with Gasteiger partial charge in [-0.25, -0.2) is 0 Å². The van der Waals surface area contributed by atoms with Crippen molar-refractivity contribution in [2.75, 3.05) is 25.1 Å². The number of aromatic nitrogens is 1. The highest BCUT2D eigenvalue weighted by Crippen LogP contribution is 2.33. The van der Waals surface area contributed by atoms with Gasteiger partial charge in [0, 0.05) is 24.1 Å². The molecule has 4 rings (SSSR count). The van der Waals surface area contributed by atoms with Crippen molar-refractivity contribution in [1.82, 2.24) is 9.88 Å². The molecule has 1 N–H and O–H groups in total. The average molecular weight is 397 g/mol. The van der Waals surface area contributed by atoms with E-state index in [1.165, 1.54) is 0 Å². The van der Waals surface area contributed by atoms with Gasteiger partial charge in [0.1, 0.15) is 19.8 Å². The highest BCUT2D eigenvalue weighted by molar-refractivity contribution is 8.18. The molecule has 0 aliphatic carbocycles. The van der Waals surface area contributed by atoms with Crippen molar-refractivity contribution in [3.8, 4) is 11.5 Å². The first-order valence-electron chi connectivity index (χ1n) is 8.45. The molecule has 1 fully saturated rings. The lowest BCUT2D eigenvalue weighted by Gasteiger charge is -2.19. The normalized spacial score (nSPS) is 17.1. The summed E-state index contributed by atoms with van der Waals surface area (Å²) >= 11 is 0.798. The van der Waals surface area contributed by atoms with Gasteiger partial charge in [0.2, 0.25) is 5.91 Å².